The lowest BCUT2D eigenvalue weighted by molar-refractivity contribution is 0.0948. The van der Waals surface area contributed by atoms with Crippen LogP contribution in [-0.4, -0.2) is 22.4 Å². The van der Waals surface area contributed by atoms with Crippen LogP contribution in [0.15, 0.2) is 41.1 Å². The minimum atomic E-state index is -0.155. The van der Waals surface area contributed by atoms with Gasteiger partial charge < -0.3 is 10.6 Å². The lowest BCUT2D eigenvalue weighted by atomic mass is 10.2. The zero-order chi connectivity index (χ0) is 15.2. The lowest BCUT2D eigenvalue weighted by Crippen LogP contribution is -2.27. The van der Waals surface area contributed by atoms with E-state index >= 15 is 0 Å². The summed E-state index contributed by atoms with van der Waals surface area (Å²) in [5.41, 5.74) is 1.33. The number of benzene rings is 1. The second-order valence-electron chi connectivity index (χ2n) is 5.03. The van der Waals surface area contributed by atoms with E-state index in [9.17, 15) is 4.79 Å². The summed E-state index contributed by atoms with van der Waals surface area (Å²) in [4.78, 5) is 20.2. The molecule has 1 aromatic heterocycles. The van der Waals surface area contributed by atoms with E-state index in [4.69, 9.17) is 0 Å². The van der Waals surface area contributed by atoms with Gasteiger partial charge >= 0.3 is 0 Å². The lowest BCUT2D eigenvalue weighted by Gasteiger charge is -2.08. The van der Waals surface area contributed by atoms with Crippen LogP contribution in [0.25, 0.3) is 0 Å². The molecule has 0 saturated heterocycles. The molecule has 1 amide bonds. The molecular weight excluding hydrogens is 332 g/mol. The molecule has 1 aromatic carbocycles. The molecule has 2 N–H and O–H groups in total. The molecule has 1 heterocycles. The van der Waals surface area contributed by atoms with Gasteiger partial charge in [0.2, 0.25) is 5.95 Å². The number of nitrogens with zero attached hydrogens (tertiary/aromatic N) is 2. The van der Waals surface area contributed by atoms with E-state index in [0.29, 0.717) is 24.0 Å². The minimum absolute atomic E-state index is 0.155. The number of nitrogens with one attached hydrogen (secondary N) is 2. The predicted molar refractivity (Wildman–Crippen MR) is 86.6 cm³/mol. The molecule has 0 aliphatic heterocycles. The van der Waals surface area contributed by atoms with Crippen molar-refractivity contribution in [2.45, 2.75) is 13.8 Å². The molecule has 0 fully saturated rings. The van der Waals surface area contributed by atoms with Crippen LogP contribution in [-0.2, 0) is 0 Å². The first kappa shape index (κ1) is 15.4. The number of carbonyl (C=O) groups is 1. The fraction of sp³-hybridized carbons (Fsp3) is 0.267. The van der Waals surface area contributed by atoms with Crippen molar-refractivity contribution in [1.82, 2.24) is 15.3 Å². The van der Waals surface area contributed by atoms with Gasteiger partial charge in [-0.05, 0) is 24.1 Å². The monoisotopic (exact) mass is 348 g/mol. The van der Waals surface area contributed by atoms with E-state index in [1.165, 1.54) is 12.4 Å². The summed E-state index contributed by atoms with van der Waals surface area (Å²) in [6.07, 6.45) is 3.03. The van der Waals surface area contributed by atoms with Crippen molar-refractivity contribution in [3.05, 3.63) is 46.7 Å². The highest BCUT2D eigenvalue weighted by Gasteiger charge is 2.07. The summed E-state index contributed by atoms with van der Waals surface area (Å²) in [7, 11) is 0. The van der Waals surface area contributed by atoms with Gasteiger partial charge in [0.05, 0.1) is 5.56 Å². The Bertz CT molecular complexity index is 613. The summed E-state index contributed by atoms with van der Waals surface area (Å²) in [6, 6.07) is 7.69. The van der Waals surface area contributed by atoms with Crippen molar-refractivity contribution >= 4 is 33.5 Å². The van der Waals surface area contributed by atoms with E-state index in [-0.39, 0.29) is 5.91 Å². The van der Waals surface area contributed by atoms with E-state index < -0.39 is 0 Å². The van der Waals surface area contributed by atoms with Gasteiger partial charge in [-0.25, -0.2) is 9.97 Å². The topological polar surface area (TPSA) is 66.9 Å². The molecule has 21 heavy (non-hydrogen) atoms. The maximum atomic E-state index is 11.8. The molecule has 0 bridgehead atoms. The third kappa shape index (κ3) is 4.82. The fourth-order valence-corrected chi connectivity index (χ4v) is 2.00. The Morgan fingerprint density at radius 2 is 2.00 bits per heavy atom. The average molecular weight is 349 g/mol. The van der Waals surface area contributed by atoms with Gasteiger partial charge in [0.15, 0.2) is 0 Å². The second kappa shape index (κ2) is 7.17. The average Bonchev–Trinajstić information content (AvgIpc) is 2.45. The van der Waals surface area contributed by atoms with Crippen molar-refractivity contribution in [3.8, 4) is 0 Å². The maximum absolute atomic E-state index is 11.8. The molecule has 6 heteroatoms. The molecule has 0 radical (unpaired) electrons. The minimum Gasteiger partial charge on any atom is -0.352 e. The molecule has 2 aromatic rings. The highest BCUT2D eigenvalue weighted by Crippen LogP contribution is 2.18. The quantitative estimate of drug-likeness (QED) is 0.869. The van der Waals surface area contributed by atoms with Gasteiger partial charge in [-0.2, -0.15) is 0 Å². The standard InChI is InChI=1S/C15H17BrN4O/c1-10(2)7-17-14(21)11-8-18-15(19-9-11)20-13-5-3-4-12(16)6-13/h3-6,8-10H,7H2,1-2H3,(H,17,21)(H,18,19,20). The van der Waals surface area contributed by atoms with Crippen LogP contribution >= 0.6 is 15.9 Å². The van der Waals surface area contributed by atoms with Crippen LogP contribution in [0.5, 0.6) is 0 Å². The number of aromatic nitrogens is 2. The first-order valence-corrected chi connectivity index (χ1v) is 7.46. The van der Waals surface area contributed by atoms with Gasteiger partial charge in [-0.15, -0.1) is 0 Å². The molecule has 0 aliphatic rings. The van der Waals surface area contributed by atoms with Crippen LogP contribution in [0.2, 0.25) is 0 Å². The first-order valence-electron chi connectivity index (χ1n) is 6.67. The molecule has 110 valence electrons. The van der Waals surface area contributed by atoms with Crippen LogP contribution < -0.4 is 10.6 Å². The van der Waals surface area contributed by atoms with Gasteiger partial charge in [-0.3, -0.25) is 4.79 Å². The van der Waals surface area contributed by atoms with Crippen molar-refractivity contribution in [2.24, 2.45) is 5.92 Å². The first-order chi connectivity index (χ1) is 10.0. The third-order valence-electron chi connectivity index (χ3n) is 2.67. The summed E-state index contributed by atoms with van der Waals surface area (Å²) in [5.74, 6) is 0.707. The van der Waals surface area contributed by atoms with E-state index in [1.807, 2.05) is 38.1 Å². The molecule has 0 saturated carbocycles. The van der Waals surface area contributed by atoms with Gasteiger partial charge in [0.25, 0.3) is 5.91 Å². The summed E-state index contributed by atoms with van der Waals surface area (Å²) in [5, 5.41) is 5.91. The van der Waals surface area contributed by atoms with Gasteiger partial charge in [-0.1, -0.05) is 35.8 Å². The number of carbonyl (C=O) groups excluding carboxylic acids is 1. The molecular formula is C15H17BrN4O. The number of hydrogen-bond acceptors (Lipinski definition) is 4. The van der Waals surface area contributed by atoms with Crippen molar-refractivity contribution in [3.63, 3.8) is 0 Å². The Kier molecular flexibility index (Phi) is 5.27. The fourth-order valence-electron chi connectivity index (χ4n) is 1.60. The number of halogens is 1. The largest absolute Gasteiger partial charge is 0.352 e. The molecule has 0 aliphatic carbocycles. The zero-order valence-electron chi connectivity index (χ0n) is 11.9. The second-order valence-corrected chi connectivity index (χ2v) is 5.95. The zero-order valence-corrected chi connectivity index (χ0v) is 13.5. The molecule has 0 unspecified atom stereocenters. The van der Waals surface area contributed by atoms with E-state index in [1.54, 1.807) is 0 Å². The molecule has 2 rings (SSSR count). The van der Waals surface area contributed by atoms with Crippen LogP contribution in [0.3, 0.4) is 0 Å². The van der Waals surface area contributed by atoms with Gasteiger partial charge in [0, 0.05) is 29.1 Å². The Balaban J connectivity index is 2.00. The number of hydrogen-bond donors (Lipinski definition) is 2. The van der Waals surface area contributed by atoms with Crippen LogP contribution in [0, 0.1) is 5.92 Å². The predicted octanol–water partition coefficient (Wildman–Crippen LogP) is 3.37. The van der Waals surface area contributed by atoms with Crippen molar-refractivity contribution in [2.75, 3.05) is 11.9 Å². The SMILES string of the molecule is CC(C)CNC(=O)c1cnc(Nc2cccc(Br)c2)nc1. The maximum Gasteiger partial charge on any atom is 0.254 e. The van der Waals surface area contributed by atoms with E-state index in [2.05, 4.69) is 36.5 Å². The van der Waals surface area contributed by atoms with Gasteiger partial charge in [0.1, 0.15) is 0 Å². The highest BCUT2D eigenvalue weighted by atomic mass is 79.9. The summed E-state index contributed by atoms with van der Waals surface area (Å²) in [6.45, 7) is 4.72. The smallest absolute Gasteiger partial charge is 0.254 e. The highest BCUT2D eigenvalue weighted by molar-refractivity contribution is 9.10. The van der Waals surface area contributed by atoms with Crippen molar-refractivity contribution < 1.29 is 4.79 Å². The number of rotatable bonds is 5. The Labute approximate surface area is 132 Å². The Hall–Kier alpha value is -1.95. The number of anilines is 2. The van der Waals surface area contributed by atoms with Crippen LogP contribution in [0.1, 0.15) is 24.2 Å². The summed E-state index contributed by atoms with van der Waals surface area (Å²) < 4.78 is 0.970. The molecule has 0 spiro atoms. The van der Waals surface area contributed by atoms with Crippen molar-refractivity contribution in [1.29, 1.82) is 0 Å². The molecule has 0 atom stereocenters. The number of amides is 1. The Morgan fingerprint density at radius 3 is 2.62 bits per heavy atom. The normalized spacial score (nSPS) is 10.5. The van der Waals surface area contributed by atoms with Crippen LogP contribution in [0.4, 0.5) is 11.6 Å². The Morgan fingerprint density at radius 1 is 1.29 bits per heavy atom. The van der Waals surface area contributed by atoms with E-state index in [0.717, 1.165) is 10.2 Å². The summed E-state index contributed by atoms with van der Waals surface area (Å²) >= 11 is 3.40. The third-order valence-corrected chi connectivity index (χ3v) is 3.16. The molecule has 5 nitrogen and oxygen atoms in total.